The zero-order valence-electron chi connectivity index (χ0n) is 19.0. The number of esters is 1. The van der Waals surface area contributed by atoms with Crippen molar-refractivity contribution in [3.05, 3.63) is 100 Å². The van der Waals surface area contributed by atoms with Gasteiger partial charge in [0.05, 0.1) is 30.9 Å². The van der Waals surface area contributed by atoms with Crippen molar-refractivity contribution < 1.29 is 29.0 Å². The summed E-state index contributed by atoms with van der Waals surface area (Å²) in [6, 6.07) is 18.5. The summed E-state index contributed by atoms with van der Waals surface area (Å²) in [5.41, 5.74) is 1.58. The highest BCUT2D eigenvalue weighted by Crippen LogP contribution is 2.42. The third-order valence-electron chi connectivity index (χ3n) is 5.65. The lowest BCUT2D eigenvalue weighted by Crippen LogP contribution is -2.29. The number of carbonyl (C=O) groups excluding carboxylic acids is 3. The summed E-state index contributed by atoms with van der Waals surface area (Å²) in [7, 11) is 1.53. The molecule has 1 amide bonds. The number of ether oxygens (including phenoxy) is 2. The van der Waals surface area contributed by atoms with E-state index in [0.29, 0.717) is 33.1 Å². The van der Waals surface area contributed by atoms with Crippen LogP contribution in [0.4, 0.5) is 5.69 Å². The van der Waals surface area contributed by atoms with Crippen LogP contribution < -0.4 is 9.64 Å². The predicted octanol–water partition coefficient (Wildman–Crippen LogP) is 5.15. The molecule has 1 atom stereocenters. The number of Topliss-reactive ketones (excluding diaryl/α,β-unsaturated/α-hetero) is 1. The summed E-state index contributed by atoms with van der Waals surface area (Å²) < 4.78 is 10.2. The summed E-state index contributed by atoms with van der Waals surface area (Å²) in [6.45, 7) is 1.94. The number of ketones is 1. The second-order valence-corrected chi connectivity index (χ2v) is 8.15. The number of aliphatic hydroxyl groups is 1. The smallest absolute Gasteiger partial charge is 0.338 e. The lowest BCUT2D eigenvalue weighted by molar-refractivity contribution is -0.132. The first-order chi connectivity index (χ1) is 16.8. The van der Waals surface area contributed by atoms with Crippen LogP contribution in [0.2, 0.25) is 5.02 Å². The van der Waals surface area contributed by atoms with Gasteiger partial charge in [0.25, 0.3) is 11.7 Å². The van der Waals surface area contributed by atoms with Gasteiger partial charge < -0.3 is 14.6 Å². The Morgan fingerprint density at radius 1 is 0.943 bits per heavy atom. The number of methoxy groups -OCH3 is 1. The van der Waals surface area contributed by atoms with E-state index in [1.54, 1.807) is 67.6 Å². The molecule has 0 bridgehead atoms. The second kappa shape index (κ2) is 10.0. The Kier molecular flexibility index (Phi) is 6.89. The third kappa shape index (κ3) is 4.63. The van der Waals surface area contributed by atoms with Gasteiger partial charge in [-0.15, -0.1) is 0 Å². The molecule has 0 aromatic heterocycles. The number of carbonyl (C=O) groups is 3. The highest BCUT2D eigenvalue weighted by molar-refractivity contribution is 6.51. The molecule has 0 radical (unpaired) electrons. The van der Waals surface area contributed by atoms with Gasteiger partial charge in [0.15, 0.2) is 0 Å². The Labute approximate surface area is 207 Å². The van der Waals surface area contributed by atoms with Crippen LogP contribution in [0.25, 0.3) is 5.76 Å². The molecule has 1 fully saturated rings. The van der Waals surface area contributed by atoms with Crippen LogP contribution in [-0.4, -0.2) is 36.5 Å². The molecule has 1 saturated heterocycles. The average molecular weight is 492 g/mol. The summed E-state index contributed by atoms with van der Waals surface area (Å²) >= 11 is 5.97. The zero-order chi connectivity index (χ0) is 25.1. The van der Waals surface area contributed by atoms with E-state index in [0.717, 1.165) is 0 Å². The van der Waals surface area contributed by atoms with E-state index in [2.05, 4.69) is 0 Å². The quantitative estimate of drug-likeness (QED) is 0.222. The number of amides is 1. The number of halogens is 1. The topological polar surface area (TPSA) is 93.1 Å². The minimum Gasteiger partial charge on any atom is -0.507 e. The lowest BCUT2D eigenvalue weighted by Gasteiger charge is -2.25. The lowest BCUT2D eigenvalue weighted by atomic mass is 9.95. The van der Waals surface area contributed by atoms with E-state index in [-0.39, 0.29) is 17.9 Å². The van der Waals surface area contributed by atoms with Crippen LogP contribution in [0.1, 0.15) is 34.5 Å². The van der Waals surface area contributed by atoms with Gasteiger partial charge in [-0.2, -0.15) is 0 Å². The van der Waals surface area contributed by atoms with E-state index >= 15 is 0 Å². The number of benzene rings is 3. The summed E-state index contributed by atoms with van der Waals surface area (Å²) in [6.07, 6.45) is 0. The van der Waals surface area contributed by atoms with Gasteiger partial charge in [0.1, 0.15) is 11.5 Å². The molecule has 0 spiro atoms. The molecule has 35 heavy (non-hydrogen) atoms. The fourth-order valence-electron chi connectivity index (χ4n) is 3.94. The SMILES string of the molecule is CCOC(=O)c1ccc(N2C(=O)C(=O)C(=C(O)c3ccc(Cl)cc3)[C@H]2c2ccc(OC)cc2)cc1. The molecule has 3 aromatic rings. The molecule has 3 aromatic carbocycles. The predicted molar refractivity (Wildman–Crippen MR) is 132 cm³/mol. The molecular formula is C27H22ClNO6. The Hall–Kier alpha value is -4.10. The molecular weight excluding hydrogens is 470 g/mol. The van der Waals surface area contributed by atoms with Gasteiger partial charge in [-0.3, -0.25) is 14.5 Å². The van der Waals surface area contributed by atoms with Crippen LogP contribution in [0, 0.1) is 0 Å². The van der Waals surface area contributed by atoms with E-state index in [1.807, 2.05) is 0 Å². The van der Waals surface area contributed by atoms with Gasteiger partial charge in [-0.25, -0.2) is 4.79 Å². The van der Waals surface area contributed by atoms with Crippen LogP contribution in [0.3, 0.4) is 0 Å². The molecule has 7 nitrogen and oxygen atoms in total. The Morgan fingerprint density at radius 3 is 2.11 bits per heavy atom. The molecule has 4 rings (SSSR count). The highest BCUT2D eigenvalue weighted by Gasteiger charge is 2.47. The average Bonchev–Trinajstić information content (AvgIpc) is 3.14. The minimum atomic E-state index is -0.912. The molecule has 8 heteroatoms. The molecule has 0 saturated carbocycles. The molecule has 178 valence electrons. The molecule has 1 heterocycles. The van der Waals surface area contributed by atoms with Crippen molar-refractivity contribution in [2.45, 2.75) is 13.0 Å². The summed E-state index contributed by atoms with van der Waals surface area (Å²) in [5.74, 6) is -1.83. The maximum atomic E-state index is 13.2. The van der Waals surface area contributed by atoms with Crippen molar-refractivity contribution in [2.75, 3.05) is 18.6 Å². The summed E-state index contributed by atoms with van der Waals surface area (Å²) in [4.78, 5) is 39.8. The van der Waals surface area contributed by atoms with Crippen molar-refractivity contribution in [1.82, 2.24) is 0 Å². The van der Waals surface area contributed by atoms with Crippen LogP contribution in [0.5, 0.6) is 5.75 Å². The molecule has 1 aliphatic heterocycles. The molecule has 0 aliphatic carbocycles. The minimum absolute atomic E-state index is 0.0584. The largest absolute Gasteiger partial charge is 0.507 e. The van der Waals surface area contributed by atoms with Crippen molar-refractivity contribution >= 4 is 40.7 Å². The number of nitrogens with zero attached hydrogens (tertiary/aromatic N) is 1. The summed E-state index contributed by atoms with van der Waals surface area (Å²) in [5, 5.41) is 11.6. The van der Waals surface area contributed by atoms with Gasteiger partial charge in [0.2, 0.25) is 0 Å². The number of hydrogen-bond donors (Lipinski definition) is 1. The van der Waals surface area contributed by atoms with Gasteiger partial charge in [-0.05, 0) is 73.2 Å². The fourth-order valence-corrected chi connectivity index (χ4v) is 4.06. The number of rotatable bonds is 6. The Balaban J connectivity index is 1.85. The Morgan fingerprint density at radius 2 is 1.54 bits per heavy atom. The first-order valence-electron chi connectivity index (χ1n) is 10.8. The maximum absolute atomic E-state index is 13.2. The second-order valence-electron chi connectivity index (χ2n) is 7.72. The molecule has 1 N–H and O–H groups in total. The highest BCUT2D eigenvalue weighted by atomic mass is 35.5. The first-order valence-corrected chi connectivity index (χ1v) is 11.2. The standard InChI is InChI=1S/C27H22ClNO6/c1-3-35-27(33)18-6-12-20(13-7-18)29-23(16-8-14-21(34-2)15-9-16)22(25(31)26(29)32)24(30)17-4-10-19(28)11-5-17/h4-15,23,30H,3H2,1-2H3/t23-/m1/s1. The molecule has 0 unspecified atom stereocenters. The monoisotopic (exact) mass is 491 g/mol. The third-order valence-corrected chi connectivity index (χ3v) is 5.90. The van der Waals surface area contributed by atoms with Gasteiger partial charge >= 0.3 is 5.97 Å². The van der Waals surface area contributed by atoms with Crippen molar-refractivity contribution in [2.24, 2.45) is 0 Å². The van der Waals surface area contributed by atoms with Crippen molar-refractivity contribution in [3.8, 4) is 5.75 Å². The van der Waals surface area contributed by atoms with Crippen molar-refractivity contribution in [3.63, 3.8) is 0 Å². The molecule has 1 aliphatic rings. The van der Waals surface area contributed by atoms with Crippen LogP contribution >= 0.6 is 11.6 Å². The van der Waals surface area contributed by atoms with E-state index in [1.165, 1.54) is 24.1 Å². The zero-order valence-corrected chi connectivity index (χ0v) is 19.8. The maximum Gasteiger partial charge on any atom is 0.338 e. The van der Waals surface area contributed by atoms with E-state index in [9.17, 15) is 19.5 Å². The van der Waals surface area contributed by atoms with Gasteiger partial charge in [-0.1, -0.05) is 23.7 Å². The van der Waals surface area contributed by atoms with Crippen LogP contribution in [0.15, 0.2) is 78.4 Å². The number of anilines is 1. The fraction of sp³-hybridized carbons (Fsp3) is 0.148. The Bertz CT molecular complexity index is 1300. The van der Waals surface area contributed by atoms with Crippen LogP contribution in [-0.2, 0) is 14.3 Å². The normalized spacial score (nSPS) is 16.9. The first kappa shape index (κ1) is 24.0. The van der Waals surface area contributed by atoms with E-state index < -0.39 is 23.7 Å². The van der Waals surface area contributed by atoms with Gasteiger partial charge in [0, 0.05) is 16.3 Å². The van der Waals surface area contributed by atoms with E-state index in [4.69, 9.17) is 21.1 Å². The number of hydrogen-bond acceptors (Lipinski definition) is 6. The van der Waals surface area contributed by atoms with Crippen molar-refractivity contribution in [1.29, 1.82) is 0 Å². The number of aliphatic hydroxyl groups excluding tert-OH is 1.